The molecule has 0 atom stereocenters. The van der Waals surface area contributed by atoms with Crippen molar-refractivity contribution in [2.45, 2.75) is 39.0 Å². The van der Waals surface area contributed by atoms with Gasteiger partial charge in [0.25, 0.3) is 0 Å². The molecule has 0 aliphatic heterocycles. The first-order valence-corrected chi connectivity index (χ1v) is 8.74. The van der Waals surface area contributed by atoms with E-state index in [9.17, 15) is 0 Å². The normalized spacial score (nSPS) is 11.9. The van der Waals surface area contributed by atoms with Crippen molar-refractivity contribution in [2.24, 2.45) is 0 Å². The van der Waals surface area contributed by atoms with Crippen LogP contribution in [0.2, 0.25) is 0 Å². The molecule has 0 heterocycles. The molecule has 2 N–H and O–H groups in total. The van der Waals surface area contributed by atoms with Gasteiger partial charge in [-0.3, -0.25) is 0 Å². The SMILES string of the molecule is CCCCCCc1cc2cccc3ccc4c(N)ccc1c4c32. The summed E-state index contributed by atoms with van der Waals surface area (Å²) in [6, 6.07) is 17.7. The summed E-state index contributed by atoms with van der Waals surface area (Å²) in [5.41, 5.74) is 8.61. The molecule has 4 rings (SSSR count). The predicted octanol–water partition coefficient (Wildman–Crippen LogP) is 6.29. The van der Waals surface area contributed by atoms with Gasteiger partial charge in [0.05, 0.1) is 0 Å². The zero-order valence-electron chi connectivity index (χ0n) is 13.7. The van der Waals surface area contributed by atoms with Crippen LogP contribution in [-0.2, 0) is 6.42 Å². The number of unbranched alkanes of at least 4 members (excludes halogenated alkanes) is 3. The van der Waals surface area contributed by atoms with Gasteiger partial charge in [-0.15, -0.1) is 0 Å². The maximum atomic E-state index is 6.26. The van der Waals surface area contributed by atoms with Gasteiger partial charge in [-0.25, -0.2) is 0 Å². The average molecular weight is 301 g/mol. The maximum Gasteiger partial charge on any atom is 0.0394 e. The molecule has 4 aromatic carbocycles. The Morgan fingerprint density at radius 1 is 0.783 bits per heavy atom. The molecule has 0 unspecified atom stereocenters. The minimum Gasteiger partial charge on any atom is -0.398 e. The third-order valence-electron chi connectivity index (χ3n) is 5.06. The van der Waals surface area contributed by atoms with Crippen molar-refractivity contribution in [1.29, 1.82) is 0 Å². The van der Waals surface area contributed by atoms with Crippen LogP contribution in [0.5, 0.6) is 0 Å². The van der Waals surface area contributed by atoms with Crippen LogP contribution in [0.3, 0.4) is 0 Å². The average Bonchev–Trinajstić information content (AvgIpc) is 2.58. The maximum absolute atomic E-state index is 6.26. The highest BCUT2D eigenvalue weighted by Crippen LogP contribution is 2.39. The highest BCUT2D eigenvalue weighted by atomic mass is 14.5. The topological polar surface area (TPSA) is 26.0 Å². The molecule has 0 aliphatic carbocycles. The van der Waals surface area contributed by atoms with Crippen molar-refractivity contribution in [2.75, 3.05) is 5.73 Å². The van der Waals surface area contributed by atoms with Crippen LogP contribution in [-0.4, -0.2) is 0 Å². The number of nitrogen functional groups attached to an aromatic ring is 1. The fourth-order valence-corrected chi connectivity index (χ4v) is 3.88. The lowest BCUT2D eigenvalue weighted by Gasteiger charge is -2.16. The first-order valence-electron chi connectivity index (χ1n) is 8.74. The van der Waals surface area contributed by atoms with Gasteiger partial charge in [-0.2, -0.15) is 0 Å². The zero-order chi connectivity index (χ0) is 15.8. The van der Waals surface area contributed by atoms with E-state index in [1.807, 2.05) is 0 Å². The van der Waals surface area contributed by atoms with Crippen molar-refractivity contribution in [3.8, 4) is 0 Å². The quantitative estimate of drug-likeness (QED) is 0.262. The van der Waals surface area contributed by atoms with E-state index in [0.717, 1.165) is 12.1 Å². The molecule has 116 valence electrons. The Balaban J connectivity index is 1.96. The fourth-order valence-electron chi connectivity index (χ4n) is 3.88. The smallest absolute Gasteiger partial charge is 0.0394 e. The molecular formula is C22H23N. The molecular weight excluding hydrogens is 278 g/mol. The Hall–Kier alpha value is -2.28. The van der Waals surface area contributed by atoms with E-state index in [1.165, 1.54) is 63.6 Å². The number of aryl methyl sites for hydroxylation is 1. The summed E-state index contributed by atoms with van der Waals surface area (Å²) in [4.78, 5) is 0. The zero-order valence-corrected chi connectivity index (χ0v) is 13.7. The second-order valence-electron chi connectivity index (χ2n) is 6.62. The van der Waals surface area contributed by atoms with Crippen LogP contribution in [0.4, 0.5) is 5.69 Å². The number of benzene rings is 4. The molecule has 23 heavy (non-hydrogen) atoms. The van der Waals surface area contributed by atoms with Crippen LogP contribution in [0, 0.1) is 0 Å². The molecule has 1 nitrogen and oxygen atoms in total. The van der Waals surface area contributed by atoms with Gasteiger partial charge in [0.1, 0.15) is 0 Å². The van der Waals surface area contributed by atoms with Gasteiger partial charge >= 0.3 is 0 Å². The predicted molar refractivity (Wildman–Crippen MR) is 102 cm³/mol. The summed E-state index contributed by atoms with van der Waals surface area (Å²) in [5.74, 6) is 0. The van der Waals surface area contributed by atoms with E-state index in [0.29, 0.717) is 0 Å². The monoisotopic (exact) mass is 301 g/mol. The van der Waals surface area contributed by atoms with Crippen molar-refractivity contribution in [3.63, 3.8) is 0 Å². The number of nitrogens with two attached hydrogens (primary N) is 1. The lowest BCUT2D eigenvalue weighted by Crippen LogP contribution is -1.94. The van der Waals surface area contributed by atoms with Crippen LogP contribution < -0.4 is 5.73 Å². The molecule has 0 saturated heterocycles. The second kappa shape index (κ2) is 5.73. The minimum atomic E-state index is 0.882. The van der Waals surface area contributed by atoms with Gasteiger partial charge < -0.3 is 5.73 Å². The first kappa shape index (κ1) is 14.3. The summed E-state index contributed by atoms with van der Waals surface area (Å²) >= 11 is 0. The van der Waals surface area contributed by atoms with Crippen molar-refractivity contribution < 1.29 is 0 Å². The third-order valence-corrected chi connectivity index (χ3v) is 5.06. The third kappa shape index (κ3) is 2.31. The van der Waals surface area contributed by atoms with Crippen LogP contribution >= 0.6 is 0 Å². The summed E-state index contributed by atoms with van der Waals surface area (Å²) in [5, 5.41) is 7.95. The Labute approximate surface area is 137 Å². The summed E-state index contributed by atoms with van der Waals surface area (Å²) in [6.07, 6.45) is 6.36. The first-order chi connectivity index (χ1) is 11.3. The molecule has 0 bridgehead atoms. The van der Waals surface area contributed by atoms with Crippen LogP contribution in [0.15, 0.2) is 48.5 Å². The van der Waals surface area contributed by atoms with E-state index in [1.54, 1.807) is 0 Å². The van der Waals surface area contributed by atoms with Gasteiger partial charge in [0, 0.05) is 11.1 Å². The van der Waals surface area contributed by atoms with E-state index in [4.69, 9.17) is 5.73 Å². The molecule has 0 aromatic heterocycles. The van der Waals surface area contributed by atoms with Crippen molar-refractivity contribution in [3.05, 3.63) is 54.1 Å². The molecule has 0 radical (unpaired) electrons. The van der Waals surface area contributed by atoms with E-state index in [2.05, 4.69) is 55.5 Å². The Kier molecular flexibility index (Phi) is 3.57. The minimum absolute atomic E-state index is 0.882. The molecule has 4 aromatic rings. The molecule has 0 amide bonds. The Morgan fingerprint density at radius 2 is 1.61 bits per heavy atom. The van der Waals surface area contributed by atoms with Gasteiger partial charge in [0.15, 0.2) is 0 Å². The summed E-state index contributed by atoms with van der Waals surface area (Å²) in [7, 11) is 0. The van der Waals surface area contributed by atoms with Crippen molar-refractivity contribution in [1.82, 2.24) is 0 Å². The molecule has 0 fully saturated rings. The molecule has 1 heteroatoms. The lowest BCUT2D eigenvalue weighted by atomic mass is 9.89. The largest absolute Gasteiger partial charge is 0.398 e. The standard InChI is InChI=1S/C22H23N/c1-2-3-4-5-7-16-14-17-9-6-8-15-10-11-19-20(23)13-12-18(16)22(19)21(15)17/h6,8-14H,2-5,7,23H2,1H3. The summed E-state index contributed by atoms with van der Waals surface area (Å²) < 4.78 is 0. The second-order valence-corrected chi connectivity index (χ2v) is 6.62. The summed E-state index contributed by atoms with van der Waals surface area (Å²) in [6.45, 7) is 2.26. The molecule has 0 saturated carbocycles. The van der Waals surface area contributed by atoms with E-state index >= 15 is 0 Å². The molecule has 0 aliphatic rings. The highest BCUT2D eigenvalue weighted by Gasteiger charge is 2.12. The molecule has 0 spiro atoms. The number of rotatable bonds is 5. The van der Waals surface area contributed by atoms with Crippen LogP contribution in [0.25, 0.3) is 32.3 Å². The Morgan fingerprint density at radius 3 is 2.48 bits per heavy atom. The van der Waals surface area contributed by atoms with Gasteiger partial charge in [-0.05, 0) is 51.4 Å². The van der Waals surface area contributed by atoms with Crippen LogP contribution in [0.1, 0.15) is 38.2 Å². The fraction of sp³-hybridized carbons (Fsp3) is 0.273. The number of hydrogen-bond acceptors (Lipinski definition) is 1. The number of anilines is 1. The number of hydrogen-bond donors (Lipinski definition) is 1. The van der Waals surface area contributed by atoms with Gasteiger partial charge in [0.2, 0.25) is 0 Å². The lowest BCUT2D eigenvalue weighted by molar-refractivity contribution is 0.668. The van der Waals surface area contributed by atoms with Gasteiger partial charge in [-0.1, -0.05) is 68.7 Å². The van der Waals surface area contributed by atoms with E-state index < -0.39 is 0 Å². The van der Waals surface area contributed by atoms with Crippen molar-refractivity contribution >= 4 is 38.0 Å². The Bertz CT molecular complexity index is 968. The van der Waals surface area contributed by atoms with E-state index in [-0.39, 0.29) is 0 Å². The highest BCUT2D eigenvalue weighted by molar-refractivity contribution is 6.25.